The van der Waals surface area contributed by atoms with Gasteiger partial charge in [0.15, 0.2) is 5.78 Å². The molecule has 46 heavy (non-hydrogen) atoms. The van der Waals surface area contributed by atoms with Crippen molar-refractivity contribution in [3.63, 3.8) is 0 Å². The average molecular weight is 876 g/mol. The molecule has 3 nitrogen and oxygen atoms in total. The van der Waals surface area contributed by atoms with Gasteiger partial charge in [0, 0.05) is 38.0 Å². The van der Waals surface area contributed by atoms with E-state index >= 15 is 0 Å². The van der Waals surface area contributed by atoms with Gasteiger partial charge in [-0.15, -0.1) is 0 Å². The zero-order valence-electron chi connectivity index (χ0n) is 30.8. The predicted octanol–water partition coefficient (Wildman–Crippen LogP) is 11.6. The molecule has 0 bridgehead atoms. The number of fused-ring (bicyclic) bond motifs is 4. The van der Waals surface area contributed by atoms with E-state index < -0.39 is 13.3 Å². The van der Waals surface area contributed by atoms with Gasteiger partial charge in [-0.2, -0.15) is 0 Å². The molecule has 247 valence electrons. The largest absolute Gasteiger partial charge is 0 e. The summed E-state index contributed by atoms with van der Waals surface area (Å²) in [6, 6.07) is 20.8. The predicted molar refractivity (Wildman–Crippen MR) is 200 cm³/mol. The minimum Gasteiger partial charge on any atom is 0 e. The molecule has 0 aliphatic rings. The molecular weight excluding hydrogens is 823 g/mol. The Morgan fingerprint density at radius 3 is 2.17 bits per heavy atom. The van der Waals surface area contributed by atoms with Crippen molar-refractivity contribution in [3.05, 3.63) is 84.2 Å². The van der Waals surface area contributed by atoms with Gasteiger partial charge in [0.05, 0.1) is 5.76 Å². The number of aromatic nitrogens is 1. The quantitative estimate of drug-likeness (QED) is 0.0658. The van der Waals surface area contributed by atoms with Crippen molar-refractivity contribution in [2.75, 3.05) is 0 Å². The molecule has 0 saturated heterocycles. The maximum atomic E-state index is 11.7. The van der Waals surface area contributed by atoms with E-state index in [1.807, 2.05) is 33.8 Å². The van der Waals surface area contributed by atoms with Crippen LogP contribution in [0, 0.1) is 17.9 Å². The first kappa shape index (κ1) is 35.0. The van der Waals surface area contributed by atoms with E-state index in [1.54, 1.807) is 11.3 Å². The molecule has 0 atom stereocenters. The SMILES string of the molecule is CCC(CC)C(=O)/C=C(\O)C(CC)CC.[2H]c1nc(-c2[c-]c3ccccc3c(C(C)C)c2)c2sc3[c]([Ge]([CH3])([CH3])[CH3])cccc3c2c1[2H].[Ir]. The number of carbonyl (C=O) groups excluding carboxylic acids is 1. The molecule has 1 radical (unpaired) electrons. The van der Waals surface area contributed by atoms with Crippen LogP contribution in [0.1, 0.15) is 81.4 Å². The molecule has 0 spiro atoms. The zero-order valence-corrected chi connectivity index (χ0v) is 34.1. The zero-order chi connectivity index (χ0) is 34.6. The molecule has 0 unspecified atom stereocenters. The molecule has 1 N–H and O–H groups in total. The summed E-state index contributed by atoms with van der Waals surface area (Å²) in [5.41, 5.74) is 2.95. The molecule has 6 heteroatoms. The van der Waals surface area contributed by atoms with Gasteiger partial charge in [0.1, 0.15) is 0 Å². The molecule has 0 amide bonds. The normalized spacial score (nSPS) is 12.8. The number of nitrogens with zero attached hydrogens (tertiary/aromatic N) is 1. The number of thiophene rings is 1. The van der Waals surface area contributed by atoms with E-state index in [0.29, 0.717) is 5.92 Å². The van der Waals surface area contributed by atoms with Crippen LogP contribution < -0.4 is 4.40 Å². The number of benzene rings is 3. The van der Waals surface area contributed by atoms with E-state index in [1.165, 1.54) is 26.1 Å². The Bertz CT molecular complexity index is 1920. The van der Waals surface area contributed by atoms with E-state index in [2.05, 4.69) is 84.6 Å². The second kappa shape index (κ2) is 16.7. The Labute approximate surface area is 299 Å². The molecule has 2 heterocycles. The van der Waals surface area contributed by atoms with Gasteiger partial charge in [0.25, 0.3) is 0 Å². The fraction of sp³-hybridized carbons (Fsp3) is 0.400. The summed E-state index contributed by atoms with van der Waals surface area (Å²) in [5.74, 6) is 8.12. The van der Waals surface area contributed by atoms with Gasteiger partial charge in [-0.3, -0.25) is 4.79 Å². The molecule has 3 aromatic carbocycles. The van der Waals surface area contributed by atoms with Crippen LogP contribution in [0.2, 0.25) is 17.3 Å². The second-order valence-corrected chi connectivity index (χ2v) is 24.9. The summed E-state index contributed by atoms with van der Waals surface area (Å²) in [6.07, 6.45) is 4.94. The van der Waals surface area contributed by atoms with E-state index in [0.717, 1.165) is 57.8 Å². The Hall–Kier alpha value is -2.31. The van der Waals surface area contributed by atoms with Crippen molar-refractivity contribution in [2.24, 2.45) is 11.8 Å². The van der Waals surface area contributed by atoms with Crippen molar-refractivity contribution in [1.29, 1.82) is 0 Å². The molecule has 0 saturated carbocycles. The summed E-state index contributed by atoms with van der Waals surface area (Å²) in [5, 5.41) is 14.0. The monoisotopic (exact) mass is 877 g/mol. The summed E-state index contributed by atoms with van der Waals surface area (Å²) in [7, 11) is 0. The number of pyridine rings is 1. The first-order valence-corrected chi connectivity index (χ1v) is 24.7. The van der Waals surface area contributed by atoms with Crippen LogP contribution in [0.4, 0.5) is 0 Å². The van der Waals surface area contributed by atoms with Crippen LogP contribution in [0.15, 0.2) is 72.6 Å². The number of allylic oxidation sites excluding steroid dienone is 2. The van der Waals surface area contributed by atoms with Crippen LogP contribution in [0.25, 0.3) is 42.2 Å². The average Bonchev–Trinajstić information content (AvgIpc) is 3.43. The van der Waals surface area contributed by atoms with Gasteiger partial charge >= 0.3 is 188 Å². The molecule has 5 rings (SSSR count). The van der Waals surface area contributed by atoms with E-state index in [9.17, 15) is 9.90 Å². The van der Waals surface area contributed by atoms with Gasteiger partial charge in [0.2, 0.25) is 0 Å². The maximum absolute atomic E-state index is 11.7. The Morgan fingerprint density at radius 2 is 1.57 bits per heavy atom. The van der Waals surface area contributed by atoms with Crippen molar-refractivity contribution < 1.29 is 32.7 Å². The van der Waals surface area contributed by atoms with Crippen LogP contribution in [-0.4, -0.2) is 29.1 Å². The topological polar surface area (TPSA) is 50.2 Å². The van der Waals surface area contributed by atoms with Crippen LogP contribution >= 0.6 is 11.3 Å². The van der Waals surface area contributed by atoms with Gasteiger partial charge < -0.3 is 5.11 Å². The third kappa shape index (κ3) is 8.39. The first-order valence-electron chi connectivity index (χ1n) is 17.5. The summed E-state index contributed by atoms with van der Waals surface area (Å²) in [6.45, 7) is 12.5. The number of hydrogen-bond donors (Lipinski definition) is 1. The Balaban J connectivity index is 0.000000334. The number of rotatable bonds is 10. The fourth-order valence-corrected chi connectivity index (χ4v) is 12.1. The van der Waals surface area contributed by atoms with Gasteiger partial charge in [-0.25, -0.2) is 0 Å². The summed E-state index contributed by atoms with van der Waals surface area (Å²) < 4.78 is 20.9. The number of aliphatic hydroxyl groups excluding tert-OH is 1. The molecule has 0 fully saturated rings. The molecule has 0 aliphatic carbocycles. The molecular formula is C40H50GeIrNO2S-. The third-order valence-electron chi connectivity index (χ3n) is 8.85. The third-order valence-corrected chi connectivity index (χ3v) is 14.7. The van der Waals surface area contributed by atoms with Crippen molar-refractivity contribution in [2.45, 2.75) is 90.4 Å². The van der Waals surface area contributed by atoms with Crippen molar-refractivity contribution in [1.82, 2.24) is 4.98 Å². The van der Waals surface area contributed by atoms with E-state index in [-0.39, 0.29) is 55.7 Å². The maximum Gasteiger partial charge on any atom is 0 e. The number of ketones is 1. The van der Waals surface area contributed by atoms with Crippen LogP contribution in [-0.2, 0) is 24.9 Å². The van der Waals surface area contributed by atoms with Crippen LogP contribution in [0.3, 0.4) is 0 Å². The minimum absolute atomic E-state index is 0. The summed E-state index contributed by atoms with van der Waals surface area (Å²) in [4.78, 5) is 16.4. The number of hydrogen-bond acceptors (Lipinski definition) is 4. The van der Waals surface area contributed by atoms with Gasteiger partial charge in [-0.1, -0.05) is 27.7 Å². The smallest absolute Gasteiger partial charge is 0 e. The molecule has 2 aromatic heterocycles. The first-order chi connectivity index (χ1) is 22.3. The van der Waals surface area contributed by atoms with Crippen molar-refractivity contribution in [3.8, 4) is 11.3 Å². The van der Waals surface area contributed by atoms with Crippen LogP contribution in [0.5, 0.6) is 0 Å². The Kier molecular flexibility index (Phi) is 12.7. The Morgan fingerprint density at radius 1 is 0.935 bits per heavy atom. The second-order valence-electron chi connectivity index (χ2n) is 13.3. The molecule has 5 aromatic rings. The van der Waals surface area contributed by atoms with Gasteiger partial charge in [-0.05, 0) is 25.7 Å². The minimum atomic E-state index is -2.12. The number of carbonyl (C=O) groups is 1. The van der Waals surface area contributed by atoms with E-state index in [4.69, 9.17) is 2.74 Å². The summed E-state index contributed by atoms with van der Waals surface area (Å²) >= 11 is -0.380. The number of aliphatic hydroxyl groups is 1. The fourth-order valence-electron chi connectivity index (χ4n) is 6.02. The molecule has 0 aliphatic heterocycles. The standard InChI is InChI=1S/C27H26GeNS.C13H24O2.Ir/c1-17(2)23-16-19(15-18-9-6-7-10-20(18)23)25-27-22(13-14-29-25)21-11-8-12-24(26(21)30-27)28(3,4)5;1-5-10(6-2)12(14)9-13(15)11(7-3)8-4;/h6-14,16-17H,1-5H3;9-11,14H,5-8H2,1-4H3;/q-1;;/b;12-9-;/i13D,14D;;. The van der Waals surface area contributed by atoms with Crippen molar-refractivity contribution >= 4 is 65.7 Å².